The normalized spacial score (nSPS) is 10.9. The highest BCUT2D eigenvalue weighted by molar-refractivity contribution is 5.02. The first-order valence-electron chi connectivity index (χ1n) is 1.89. The molecule has 0 radical (unpaired) electrons. The summed E-state index contributed by atoms with van der Waals surface area (Å²) in [6, 6.07) is 0. The van der Waals surface area contributed by atoms with Gasteiger partial charge in [0.15, 0.2) is 0 Å². The fourth-order valence-electron chi connectivity index (χ4n) is 0.0801. The van der Waals surface area contributed by atoms with Crippen molar-refractivity contribution in [1.29, 1.82) is 0 Å². The Morgan fingerprint density at radius 2 is 2.12 bits per heavy atom. The molecule has 0 aromatic heterocycles. The third-order valence-electron chi connectivity index (χ3n) is 0.617. The predicted octanol–water partition coefficient (Wildman–Crippen LogP) is 1.92. The lowest BCUT2D eigenvalue weighted by Gasteiger charge is -2.03. The van der Waals surface area contributed by atoms with Gasteiger partial charge in [0.1, 0.15) is 5.70 Å². The van der Waals surface area contributed by atoms with E-state index in [4.69, 9.17) is 0 Å². The first kappa shape index (κ1) is 7.20. The van der Waals surface area contributed by atoms with Crippen LogP contribution < -0.4 is 0 Å². The van der Waals surface area contributed by atoms with Crippen molar-refractivity contribution < 1.29 is 8.78 Å². The third kappa shape index (κ3) is 1.77. The highest BCUT2D eigenvalue weighted by Crippen LogP contribution is 2.21. The summed E-state index contributed by atoms with van der Waals surface area (Å²) < 4.78 is 23.4. The molecular formula is C4H5F2NO. The molecule has 2 nitrogen and oxygen atoms in total. The smallest absolute Gasteiger partial charge is 0.200 e. The number of nitroso groups, excluding NO2 is 1. The zero-order valence-electron chi connectivity index (χ0n) is 4.32. The summed E-state index contributed by atoms with van der Waals surface area (Å²) in [5, 5.41) is 1.97. The summed E-state index contributed by atoms with van der Waals surface area (Å²) in [5.41, 5.74) is -0.933. The first-order chi connectivity index (χ1) is 3.48. The van der Waals surface area contributed by atoms with Gasteiger partial charge in [-0.15, -0.1) is 4.91 Å². The zero-order valence-corrected chi connectivity index (χ0v) is 4.32. The van der Waals surface area contributed by atoms with E-state index in [1.807, 2.05) is 5.18 Å². The molecular weight excluding hydrogens is 116 g/mol. The molecule has 46 valence electrons. The van der Waals surface area contributed by atoms with Gasteiger partial charge in [0.25, 0.3) is 5.92 Å². The number of halogens is 2. The van der Waals surface area contributed by atoms with Crippen molar-refractivity contribution in [2.24, 2.45) is 5.18 Å². The molecule has 0 N–H and O–H groups in total. The summed E-state index contributed by atoms with van der Waals surface area (Å²) in [7, 11) is 0. The Kier molecular flexibility index (Phi) is 1.78. The molecule has 0 rings (SSSR count). The number of rotatable bonds is 2. The minimum atomic E-state index is -3.16. The number of nitrogens with zero attached hydrogens (tertiary/aromatic N) is 1. The van der Waals surface area contributed by atoms with Gasteiger partial charge in [0.05, 0.1) is 0 Å². The summed E-state index contributed by atoms with van der Waals surface area (Å²) in [5.74, 6) is -3.16. The minimum absolute atomic E-state index is 0.566. The monoisotopic (exact) mass is 121 g/mol. The Morgan fingerprint density at radius 1 is 1.75 bits per heavy atom. The van der Waals surface area contributed by atoms with Crippen LogP contribution >= 0.6 is 0 Å². The van der Waals surface area contributed by atoms with Crippen LogP contribution in [0.5, 0.6) is 0 Å². The van der Waals surface area contributed by atoms with Crippen molar-refractivity contribution in [2.75, 3.05) is 0 Å². The Hall–Kier alpha value is -0.800. The third-order valence-corrected chi connectivity index (χ3v) is 0.617. The molecule has 0 atom stereocenters. The van der Waals surface area contributed by atoms with Crippen LogP contribution in [0.3, 0.4) is 0 Å². The van der Waals surface area contributed by atoms with E-state index in [1.54, 1.807) is 0 Å². The van der Waals surface area contributed by atoms with Crippen LogP contribution in [0.25, 0.3) is 0 Å². The number of hydrogen-bond acceptors (Lipinski definition) is 2. The SMILES string of the molecule is C=C(N=O)C(C)(F)F. The van der Waals surface area contributed by atoms with E-state index in [-0.39, 0.29) is 0 Å². The second kappa shape index (κ2) is 1.98. The van der Waals surface area contributed by atoms with E-state index >= 15 is 0 Å². The standard InChI is InChI=1S/C4H5F2NO/c1-3(7-8)4(2,5)6/h1H2,2H3. The van der Waals surface area contributed by atoms with Crippen molar-refractivity contribution in [3.63, 3.8) is 0 Å². The molecule has 8 heavy (non-hydrogen) atoms. The molecule has 0 saturated carbocycles. The van der Waals surface area contributed by atoms with Crippen LogP contribution in [-0.4, -0.2) is 5.92 Å². The molecule has 0 aromatic rings. The van der Waals surface area contributed by atoms with E-state index < -0.39 is 11.6 Å². The highest BCUT2D eigenvalue weighted by Gasteiger charge is 2.26. The molecule has 0 heterocycles. The molecule has 0 aliphatic carbocycles. The lowest BCUT2D eigenvalue weighted by Crippen LogP contribution is -2.09. The molecule has 0 bridgehead atoms. The zero-order chi connectivity index (χ0) is 6.78. The van der Waals surface area contributed by atoms with E-state index in [0.717, 1.165) is 0 Å². The Labute approximate surface area is 45.2 Å². The van der Waals surface area contributed by atoms with Gasteiger partial charge < -0.3 is 0 Å². The average molecular weight is 121 g/mol. The second-order valence-corrected chi connectivity index (χ2v) is 1.43. The van der Waals surface area contributed by atoms with Gasteiger partial charge in [-0.2, -0.15) is 8.78 Å². The van der Waals surface area contributed by atoms with E-state index in [0.29, 0.717) is 6.92 Å². The summed E-state index contributed by atoms with van der Waals surface area (Å²) in [4.78, 5) is 9.32. The quantitative estimate of drug-likeness (QED) is 0.513. The predicted molar refractivity (Wildman–Crippen MR) is 25.6 cm³/mol. The van der Waals surface area contributed by atoms with Crippen LogP contribution in [0.1, 0.15) is 6.92 Å². The maximum Gasteiger partial charge on any atom is 0.289 e. The molecule has 0 unspecified atom stereocenters. The Balaban J connectivity index is 4.02. The number of hydrogen-bond donors (Lipinski definition) is 0. The number of allylic oxidation sites excluding steroid dienone is 1. The van der Waals surface area contributed by atoms with Gasteiger partial charge >= 0.3 is 0 Å². The van der Waals surface area contributed by atoms with Crippen molar-refractivity contribution in [3.8, 4) is 0 Å². The van der Waals surface area contributed by atoms with Crippen LogP contribution in [0.15, 0.2) is 17.5 Å². The lowest BCUT2D eigenvalue weighted by molar-refractivity contribution is 0.0625. The largest absolute Gasteiger partial charge is 0.289 e. The summed E-state index contributed by atoms with van der Waals surface area (Å²) in [6.07, 6.45) is 0. The fourth-order valence-corrected chi connectivity index (χ4v) is 0.0801. The van der Waals surface area contributed by atoms with Crippen LogP contribution in [0.2, 0.25) is 0 Å². The van der Waals surface area contributed by atoms with Crippen LogP contribution in [0, 0.1) is 4.91 Å². The average Bonchev–Trinajstić information content (AvgIpc) is 1.62. The van der Waals surface area contributed by atoms with Crippen molar-refractivity contribution in [2.45, 2.75) is 12.8 Å². The van der Waals surface area contributed by atoms with Gasteiger partial charge in [-0.1, -0.05) is 6.58 Å². The maximum atomic E-state index is 11.7. The minimum Gasteiger partial charge on any atom is -0.200 e. The first-order valence-corrected chi connectivity index (χ1v) is 1.89. The van der Waals surface area contributed by atoms with Gasteiger partial charge in [-0.3, -0.25) is 0 Å². The van der Waals surface area contributed by atoms with Crippen LogP contribution in [0.4, 0.5) is 8.78 Å². The molecule has 0 aliphatic rings. The van der Waals surface area contributed by atoms with Crippen LogP contribution in [-0.2, 0) is 0 Å². The number of alkyl halides is 2. The second-order valence-electron chi connectivity index (χ2n) is 1.43. The summed E-state index contributed by atoms with van der Waals surface area (Å²) >= 11 is 0. The van der Waals surface area contributed by atoms with E-state index in [2.05, 4.69) is 6.58 Å². The maximum absolute atomic E-state index is 11.7. The van der Waals surface area contributed by atoms with E-state index in [9.17, 15) is 13.7 Å². The Morgan fingerprint density at radius 3 is 2.12 bits per heavy atom. The molecule has 0 amide bonds. The summed E-state index contributed by atoms with van der Waals surface area (Å²) in [6.45, 7) is 3.28. The lowest BCUT2D eigenvalue weighted by atomic mass is 10.3. The van der Waals surface area contributed by atoms with Gasteiger partial charge in [-0.05, 0) is 5.18 Å². The van der Waals surface area contributed by atoms with Gasteiger partial charge in [-0.25, -0.2) is 0 Å². The van der Waals surface area contributed by atoms with Gasteiger partial charge in [0, 0.05) is 6.92 Å². The van der Waals surface area contributed by atoms with Gasteiger partial charge in [0.2, 0.25) is 0 Å². The fraction of sp³-hybridized carbons (Fsp3) is 0.500. The molecule has 0 saturated heterocycles. The molecule has 0 fully saturated rings. The van der Waals surface area contributed by atoms with Crippen molar-refractivity contribution in [3.05, 3.63) is 17.2 Å². The molecule has 4 heteroatoms. The van der Waals surface area contributed by atoms with Crippen molar-refractivity contribution >= 4 is 0 Å². The Bertz CT molecular complexity index is 116. The van der Waals surface area contributed by atoms with E-state index in [1.165, 1.54) is 0 Å². The van der Waals surface area contributed by atoms with Crippen molar-refractivity contribution in [1.82, 2.24) is 0 Å². The molecule has 0 aliphatic heterocycles. The molecule has 0 aromatic carbocycles. The molecule has 0 spiro atoms. The topological polar surface area (TPSA) is 29.4 Å². The highest BCUT2D eigenvalue weighted by atomic mass is 19.3.